The van der Waals surface area contributed by atoms with E-state index in [0.29, 0.717) is 12.8 Å². The van der Waals surface area contributed by atoms with Crippen molar-refractivity contribution in [2.24, 2.45) is 0 Å². The first kappa shape index (κ1) is 17.7. The molecule has 0 heterocycles. The zero-order valence-electron chi connectivity index (χ0n) is 10.2. The molecule has 0 saturated heterocycles. The highest BCUT2D eigenvalue weighted by molar-refractivity contribution is 4.92. The van der Waals surface area contributed by atoms with Crippen molar-refractivity contribution in [2.45, 2.75) is 62.7 Å². The van der Waals surface area contributed by atoms with E-state index < -0.39 is 23.7 Å². The lowest BCUT2D eigenvalue weighted by Gasteiger charge is -2.41. The van der Waals surface area contributed by atoms with Crippen molar-refractivity contribution in [3.63, 3.8) is 0 Å². The molecule has 0 bridgehead atoms. The van der Waals surface area contributed by atoms with E-state index in [0.717, 1.165) is 12.8 Å². The van der Waals surface area contributed by atoms with Crippen LogP contribution in [0, 0.1) is 0 Å². The second-order valence-electron chi connectivity index (χ2n) is 4.40. The Balaban J connectivity index is 4.61. The predicted octanol–water partition coefficient (Wildman–Crippen LogP) is -2.69. The number of hydrogen-bond acceptors (Lipinski definition) is 8. The third kappa shape index (κ3) is 3.84. The minimum atomic E-state index is -4.19. The number of aliphatic hydroxyl groups is 8. The Morgan fingerprint density at radius 1 is 0.833 bits per heavy atom. The van der Waals surface area contributed by atoms with Gasteiger partial charge >= 0.3 is 11.8 Å². The summed E-state index contributed by atoms with van der Waals surface area (Å²) < 4.78 is 0. The fourth-order valence-corrected chi connectivity index (χ4v) is 1.44. The van der Waals surface area contributed by atoms with Crippen LogP contribution in [-0.4, -0.2) is 64.5 Å². The molecule has 0 rings (SSSR count). The Kier molecular flexibility index (Phi) is 6.11. The summed E-state index contributed by atoms with van der Waals surface area (Å²) in [6.07, 6.45) is 0.515. The largest absolute Gasteiger partial charge is 0.387 e. The van der Waals surface area contributed by atoms with Gasteiger partial charge in [0.2, 0.25) is 0 Å². The number of unbranched alkanes of at least 4 members (excludes halogenated alkanes) is 3. The van der Waals surface area contributed by atoms with Gasteiger partial charge in [0, 0.05) is 0 Å². The number of hydrogen-bond donors (Lipinski definition) is 8. The molecule has 0 saturated carbocycles. The second kappa shape index (κ2) is 6.22. The molecule has 0 fully saturated rings. The fourth-order valence-electron chi connectivity index (χ4n) is 1.44. The Hall–Kier alpha value is -0.320. The zero-order valence-corrected chi connectivity index (χ0v) is 10.2. The molecule has 0 spiro atoms. The van der Waals surface area contributed by atoms with Crippen molar-refractivity contribution >= 4 is 0 Å². The number of rotatable bonds is 8. The molecule has 0 amide bonds. The first-order chi connectivity index (χ1) is 7.98. The highest BCUT2D eigenvalue weighted by Crippen LogP contribution is 2.30. The van der Waals surface area contributed by atoms with Gasteiger partial charge in [-0.1, -0.05) is 32.6 Å². The summed E-state index contributed by atoms with van der Waals surface area (Å²) >= 11 is 0. The molecule has 0 radical (unpaired) electrons. The Labute approximate surface area is 104 Å². The first-order valence-electron chi connectivity index (χ1n) is 5.73. The second-order valence-corrected chi connectivity index (χ2v) is 4.40. The van der Waals surface area contributed by atoms with E-state index in [-0.39, 0.29) is 6.42 Å². The van der Waals surface area contributed by atoms with Crippen molar-refractivity contribution in [3.05, 3.63) is 0 Å². The van der Waals surface area contributed by atoms with Crippen LogP contribution in [0.25, 0.3) is 0 Å². The van der Waals surface area contributed by atoms with Gasteiger partial charge in [-0.15, -0.1) is 0 Å². The van der Waals surface area contributed by atoms with Crippen LogP contribution in [0.3, 0.4) is 0 Å². The van der Waals surface area contributed by atoms with E-state index in [9.17, 15) is 15.3 Å². The first-order valence-corrected chi connectivity index (χ1v) is 5.73. The maximum atomic E-state index is 9.42. The third-order valence-electron chi connectivity index (χ3n) is 2.78. The van der Waals surface area contributed by atoms with Crippen LogP contribution in [0.1, 0.15) is 39.0 Å². The molecular weight excluding hydrogens is 248 g/mol. The van der Waals surface area contributed by atoms with Gasteiger partial charge in [0.1, 0.15) is 6.10 Å². The molecule has 8 nitrogen and oxygen atoms in total. The van der Waals surface area contributed by atoms with Gasteiger partial charge in [0.05, 0.1) is 0 Å². The molecule has 0 aromatic heterocycles. The van der Waals surface area contributed by atoms with Crippen molar-refractivity contribution in [1.82, 2.24) is 0 Å². The highest BCUT2D eigenvalue weighted by atomic mass is 16.7. The average molecular weight is 270 g/mol. The van der Waals surface area contributed by atoms with E-state index in [4.69, 9.17) is 25.5 Å². The topological polar surface area (TPSA) is 162 Å². The lowest BCUT2D eigenvalue weighted by molar-refractivity contribution is -0.517. The SMILES string of the molecule is CCCCCCC(O)C(O)(O)C(O)(O)C(O)(O)O. The molecule has 8 N–H and O–H groups in total. The van der Waals surface area contributed by atoms with Gasteiger partial charge in [0.15, 0.2) is 0 Å². The van der Waals surface area contributed by atoms with E-state index in [1.54, 1.807) is 0 Å². The Morgan fingerprint density at radius 3 is 1.72 bits per heavy atom. The van der Waals surface area contributed by atoms with Crippen LogP contribution in [0.15, 0.2) is 0 Å². The van der Waals surface area contributed by atoms with Crippen molar-refractivity contribution < 1.29 is 40.9 Å². The maximum Gasteiger partial charge on any atom is 0.338 e. The van der Waals surface area contributed by atoms with Gasteiger partial charge < -0.3 is 40.9 Å². The van der Waals surface area contributed by atoms with Gasteiger partial charge in [-0.05, 0) is 6.42 Å². The third-order valence-corrected chi connectivity index (χ3v) is 2.78. The normalized spacial score (nSPS) is 15.8. The minimum absolute atomic E-state index is 0.216. The van der Waals surface area contributed by atoms with Crippen molar-refractivity contribution in [1.29, 1.82) is 0 Å². The number of aliphatic hydroxyl groups excluding tert-OH is 1. The van der Waals surface area contributed by atoms with Crippen LogP contribution in [0.2, 0.25) is 0 Å². The molecule has 0 aliphatic rings. The van der Waals surface area contributed by atoms with Gasteiger partial charge in [-0.2, -0.15) is 0 Å². The van der Waals surface area contributed by atoms with Crippen LogP contribution in [0.5, 0.6) is 0 Å². The van der Waals surface area contributed by atoms with Crippen LogP contribution >= 0.6 is 0 Å². The summed E-state index contributed by atoms with van der Waals surface area (Å²) in [5.41, 5.74) is 0. The summed E-state index contributed by atoms with van der Waals surface area (Å²) in [6.45, 7) is 1.95. The summed E-state index contributed by atoms with van der Waals surface area (Å²) in [6, 6.07) is 0. The monoisotopic (exact) mass is 270 g/mol. The highest BCUT2D eigenvalue weighted by Gasteiger charge is 2.64. The lowest BCUT2D eigenvalue weighted by atomic mass is 9.93. The van der Waals surface area contributed by atoms with Gasteiger partial charge in [-0.3, -0.25) is 0 Å². The van der Waals surface area contributed by atoms with Crippen LogP contribution in [-0.2, 0) is 0 Å². The average Bonchev–Trinajstić information content (AvgIpc) is 2.22. The summed E-state index contributed by atoms with van der Waals surface area (Å²) in [4.78, 5) is 0. The van der Waals surface area contributed by atoms with Crippen molar-refractivity contribution in [3.8, 4) is 0 Å². The fraction of sp³-hybridized carbons (Fsp3) is 1.00. The molecule has 0 aliphatic carbocycles. The standard InChI is InChI=1S/C10H22O8/c1-2-3-4-5-6-7(11)8(12,13)9(14,15)10(16,17)18/h7,11-18H,2-6H2,1H3. The zero-order chi connectivity index (χ0) is 14.6. The summed E-state index contributed by atoms with van der Waals surface area (Å²) in [5, 5.41) is 72.1. The maximum absolute atomic E-state index is 9.42. The van der Waals surface area contributed by atoms with E-state index >= 15 is 0 Å². The molecule has 8 heteroatoms. The summed E-state index contributed by atoms with van der Waals surface area (Å²) in [7, 11) is 0. The van der Waals surface area contributed by atoms with Crippen LogP contribution in [0.4, 0.5) is 0 Å². The smallest absolute Gasteiger partial charge is 0.338 e. The van der Waals surface area contributed by atoms with E-state index in [1.165, 1.54) is 0 Å². The molecule has 18 heavy (non-hydrogen) atoms. The molecule has 0 aliphatic heterocycles. The quantitative estimate of drug-likeness (QED) is 0.175. The molecule has 0 aromatic rings. The molecule has 0 aromatic carbocycles. The van der Waals surface area contributed by atoms with Gasteiger partial charge in [-0.25, -0.2) is 0 Å². The van der Waals surface area contributed by atoms with Crippen LogP contribution < -0.4 is 0 Å². The lowest BCUT2D eigenvalue weighted by Crippen LogP contribution is -2.72. The molecule has 110 valence electrons. The van der Waals surface area contributed by atoms with Gasteiger partial charge in [0.25, 0.3) is 5.79 Å². The summed E-state index contributed by atoms with van der Waals surface area (Å²) in [5.74, 6) is -12.0. The minimum Gasteiger partial charge on any atom is -0.387 e. The molecule has 1 atom stereocenters. The van der Waals surface area contributed by atoms with E-state index in [1.807, 2.05) is 6.92 Å². The predicted molar refractivity (Wildman–Crippen MR) is 58.5 cm³/mol. The van der Waals surface area contributed by atoms with E-state index in [2.05, 4.69) is 0 Å². The van der Waals surface area contributed by atoms with Crippen molar-refractivity contribution in [2.75, 3.05) is 0 Å². The Bertz CT molecular complexity index is 245. The molecule has 1 unspecified atom stereocenters. The Morgan fingerprint density at radius 2 is 1.33 bits per heavy atom. The molecular formula is C10H22O8.